The monoisotopic (exact) mass is 359 g/mol. The van der Waals surface area contributed by atoms with Crippen molar-refractivity contribution in [2.45, 2.75) is 24.7 Å². The van der Waals surface area contributed by atoms with Gasteiger partial charge in [0.25, 0.3) is 5.91 Å². The number of piperidine rings is 1. The van der Waals surface area contributed by atoms with Crippen LogP contribution in [0.5, 0.6) is 0 Å². The number of hydrogen-bond acceptors (Lipinski definition) is 4. The van der Waals surface area contributed by atoms with Gasteiger partial charge in [-0.1, -0.05) is 6.92 Å². The number of anilines is 1. The summed E-state index contributed by atoms with van der Waals surface area (Å²) in [4.78, 5) is 16.2. The lowest BCUT2D eigenvalue weighted by Gasteiger charge is -2.30. The molecule has 1 saturated heterocycles. The molecule has 1 aliphatic rings. The average Bonchev–Trinajstić information content (AvgIpc) is 2.63. The maximum absolute atomic E-state index is 12.7. The zero-order valence-corrected chi connectivity index (χ0v) is 14.9. The fourth-order valence-corrected chi connectivity index (χ4v) is 4.53. The molecule has 1 aliphatic heterocycles. The Hall–Kier alpha value is -2.25. The highest BCUT2D eigenvalue weighted by Crippen LogP contribution is 2.24. The van der Waals surface area contributed by atoms with Crippen molar-refractivity contribution < 1.29 is 13.2 Å². The number of carbonyl (C=O) groups excluding carboxylic acids is 1. The first-order chi connectivity index (χ1) is 12.0. The van der Waals surface area contributed by atoms with E-state index in [0.29, 0.717) is 30.3 Å². The van der Waals surface area contributed by atoms with Crippen LogP contribution in [-0.2, 0) is 10.0 Å². The molecule has 0 bridgehead atoms. The fraction of sp³-hybridized carbons (Fsp3) is 0.333. The lowest BCUT2D eigenvalue weighted by Crippen LogP contribution is -2.39. The van der Waals surface area contributed by atoms with E-state index < -0.39 is 10.0 Å². The Morgan fingerprint density at radius 1 is 1.16 bits per heavy atom. The van der Waals surface area contributed by atoms with Crippen LogP contribution in [0.15, 0.2) is 53.7 Å². The molecule has 6 nitrogen and oxygen atoms in total. The van der Waals surface area contributed by atoms with Gasteiger partial charge in [0, 0.05) is 36.7 Å². The van der Waals surface area contributed by atoms with Gasteiger partial charge in [0.2, 0.25) is 10.0 Å². The number of hydrogen-bond donors (Lipinski definition) is 1. The first-order valence-electron chi connectivity index (χ1n) is 8.28. The molecule has 132 valence electrons. The Balaban J connectivity index is 1.72. The molecule has 1 amide bonds. The van der Waals surface area contributed by atoms with Crippen molar-refractivity contribution in [3.05, 3.63) is 54.4 Å². The van der Waals surface area contributed by atoms with Gasteiger partial charge in [-0.2, -0.15) is 4.31 Å². The Kier molecular flexibility index (Phi) is 5.15. The van der Waals surface area contributed by atoms with E-state index in [1.807, 2.05) is 0 Å². The van der Waals surface area contributed by atoms with E-state index >= 15 is 0 Å². The molecule has 7 heteroatoms. The predicted molar refractivity (Wildman–Crippen MR) is 95.8 cm³/mol. The molecule has 1 aromatic carbocycles. The van der Waals surface area contributed by atoms with Gasteiger partial charge in [-0.3, -0.25) is 9.78 Å². The molecule has 0 radical (unpaired) electrons. The van der Waals surface area contributed by atoms with Crippen LogP contribution in [0.25, 0.3) is 0 Å². The molecule has 0 unspecified atom stereocenters. The zero-order valence-electron chi connectivity index (χ0n) is 14.1. The van der Waals surface area contributed by atoms with E-state index in [2.05, 4.69) is 17.2 Å². The van der Waals surface area contributed by atoms with E-state index in [1.54, 1.807) is 41.0 Å². The summed E-state index contributed by atoms with van der Waals surface area (Å²) in [5.74, 6) is 0.116. The first-order valence-corrected chi connectivity index (χ1v) is 9.72. The first kappa shape index (κ1) is 17.6. The third kappa shape index (κ3) is 4.05. The van der Waals surface area contributed by atoms with Crippen LogP contribution in [0.4, 0.5) is 5.69 Å². The summed E-state index contributed by atoms with van der Waals surface area (Å²) < 4.78 is 27.0. The number of pyridine rings is 1. The van der Waals surface area contributed by atoms with Gasteiger partial charge in [0.05, 0.1) is 4.90 Å². The van der Waals surface area contributed by atoms with Gasteiger partial charge in [-0.25, -0.2) is 8.42 Å². The van der Waals surface area contributed by atoms with E-state index in [-0.39, 0.29) is 10.8 Å². The van der Waals surface area contributed by atoms with Crippen molar-refractivity contribution in [3.8, 4) is 0 Å². The molecular formula is C18H21N3O3S. The number of rotatable bonds is 4. The number of amides is 1. The van der Waals surface area contributed by atoms with Crippen LogP contribution in [0.2, 0.25) is 0 Å². The molecule has 1 N–H and O–H groups in total. The van der Waals surface area contributed by atoms with Crippen molar-refractivity contribution in [2.24, 2.45) is 5.92 Å². The predicted octanol–water partition coefficient (Wildman–Crippen LogP) is 2.75. The summed E-state index contributed by atoms with van der Waals surface area (Å²) >= 11 is 0. The Bertz CT molecular complexity index is 836. The van der Waals surface area contributed by atoms with Crippen molar-refractivity contribution in [1.29, 1.82) is 0 Å². The van der Waals surface area contributed by atoms with E-state index in [4.69, 9.17) is 0 Å². The number of nitrogens with one attached hydrogen (secondary N) is 1. The van der Waals surface area contributed by atoms with Crippen molar-refractivity contribution in [1.82, 2.24) is 9.29 Å². The Morgan fingerprint density at radius 2 is 1.84 bits per heavy atom. The van der Waals surface area contributed by atoms with Crippen LogP contribution in [0, 0.1) is 5.92 Å². The summed E-state index contributed by atoms with van der Waals surface area (Å²) in [6.45, 7) is 3.19. The third-order valence-corrected chi connectivity index (χ3v) is 6.19. The number of sulfonamides is 1. The molecule has 2 aromatic rings. The van der Waals surface area contributed by atoms with Gasteiger partial charge in [-0.15, -0.1) is 0 Å². The maximum atomic E-state index is 12.7. The van der Waals surface area contributed by atoms with Gasteiger partial charge in [0.15, 0.2) is 0 Å². The van der Waals surface area contributed by atoms with Crippen LogP contribution < -0.4 is 5.32 Å². The molecule has 3 rings (SSSR count). The third-order valence-electron chi connectivity index (χ3n) is 4.31. The normalized spacial score (nSPS) is 18.7. The van der Waals surface area contributed by atoms with Crippen molar-refractivity contribution in [2.75, 3.05) is 18.4 Å². The minimum absolute atomic E-state index is 0.253. The average molecular weight is 359 g/mol. The van der Waals surface area contributed by atoms with Gasteiger partial charge in [-0.05, 0) is 55.2 Å². The number of aromatic nitrogens is 1. The minimum Gasteiger partial charge on any atom is -0.322 e. The molecule has 0 saturated carbocycles. The lowest BCUT2D eigenvalue weighted by molar-refractivity contribution is 0.102. The van der Waals surface area contributed by atoms with Crippen LogP contribution >= 0.6 is 0 Å². The summed E-state index contributed by atoms with van der Waals surface area (Å²) in [6.07, 6.45) is 5.04. The molecule has 1 fully saturated rings. The SMILES string of the molecule is C[C@H]1CCCN(S(=O)(=O)c2ccc(NC(=O)c3ccncc3)cc2)C1. The molecule has 1 atom stereocenters. The molecule has 0 aliphatic carbocycles. The summed E-state index contributed by atoms with van der Waals surface area (Å²) in [6, 6.07) is 9.53. The maximum Gasteiger partial charge on any atom is 0.255 e. The highest BCUT2D eigenvalue weighted by Gasteiger charge is 2.28. The highest BCUT2D eigenvalue weighted by atomic mass is 32.2. The quantitative estimate of drug-likeness (QED) is 0.910. The van der Waals surface area contributed by atoms with Crippen LogP contribution in [0.3, 0.4) is 0 Å². The summed E-state index contributed by atoms with van der Waals surface area (Å²) in [7, 11) is -3.48. The van der Waals surface area contributed by atoms with Gasteiger partial charge in [0.1, 0.15) is 0 Å². The number of nitrogens with zero attached hydrogens (tertiary/aromatic N) is 2. The summed E-state index contributed by atoms with van der Waals surface area (Å²) in [5.41, 5.74) is 1.04. The fourth-order valence-electron chi connectivity index (χ4n) is 2.93. The molecular weight excluding hydrogens is 338 g/mol. The van der Waals surface area contributed by atoms with E-state index in [0.717, 1.165) is 12.8 Å². The van der Waals surface area contributed by atoms with Crippen LogP contribution in [0.1, 0.15) is 30.1 Å². The second kappa shape index (κ2) is 7.33. The smallest absolute Gasteiger partial charge is 0.255 e. The number of carbonyl (C=O) groups is 1. The highest BCUT2D eigenvalue weighted by molar-refractivity contribution is 7.89. The van der Waals surface area contributed by atoms with Gasteiger partial charge < -0.3 is 5.32 Å². The molecule has 1 aromatic heterocycles. The summed E-state index contributed by atoms with van der Waals surface area (Å²) in [5, 5.41) is 2.75. The van der Waals surface area contributed by atoms with E-state index in [1.165, 1.54) is 12.1 Å². The van der Waals surface area contributed by atoms with Gasteiger partial charge >= 0.3 is 0 Å². The van der Waals surface area contributed by atoms with E-state index in [9.17, 15) is 13.2 Å². The molecule has 0 spiro atoms. The lowest BCUT2D eigenvalue weighted by atomic mass is 10.0. The van der Waals surface area contributed by atoms with Crippen molar-refractivity contribution >= 4 is 21.6 Å². The second-order valence-corrected chi connectivity index (χ2v) is 8.26. The standard InChI is InChI=1S/C18H21N3O3S/c1-14-3-2-12-21(13-14)25(23,24)17-6-4-16(5-7-17)20-18(22)15-8-10-19-11-9-15/h4-11,14H,2-3,12-13H2,1H3,(H,20,22)/t14-/m0/s1. The molecule has 2 heterocycles. The Labute approximate surface area is 147 Å². The molecule has 25 heavy (non-hydrogen) atoms. The van der Waals surface area contributed by atoms with Crippen LogP contribution in [-0.4, -0.2) is 36.7 Å². The number of benzene rings is 1. The zero-order chi connectivity index (χ0) is 17.9. The Morgan fingerprint density at radius 3 is 2.48 bits per heavy atom. The topological polar surface area (TPSA) is 79.4 Å². The largest absolute Gasteiger partial charge is 0.322 e. The van der Waals surface area contributed by atoms with Crippen molar-refractivity contribution in [3.63, 3.8) is 0 Å². The minimum atomic E-state index is -3.48. The second-order valence-electron chi connectivity index (χ2n) is 6.32.